The van der Waals surface area contributed by atoms with E-state index in [9.17, 15) is 13.2 Å². The maximum atomic E-state index is 12.5. The molecule has 1 aliphatic heterocycles. The summed E-state index contributed by atoms with van der Waals surface area (Å²) in [6.07, 6.45) is 5.03. The molecule has 0 N–H and O–H groups in total. The highest BCUT2D eigenvalue weighted by molar-refractivity contribution is 7.88. The highest BCUT2D eigenvalue weighted by Gasteiger charge is 2.28. The van der Waals surface area contributed by atoms with E-state index >= 15 is 0 Å². The summed E-state index contributed by atoms with van der Waals surface area (Å²) in [5.41, 5.74) is 1.21. The zero-order valence-corrected chi connectivity index (χ0v) is 14.1. The van der Waals surface area contributed by atoms with Gasteiger partial charge in [0.15, 0.2) is 0 Å². The van der Waals surface area contributed by atoms with Gasteiger partial charge in [-0.2, -0.15) is 4.31 Å². The Labute approximate surface area is 133 Å². The lowest BCUT2D eigenvalue weighted by Crippen LogP contribution is -2.49. The molecular weight excluding hydrogens is 300 g/mol. The molecule has 0 saturated carbocycles. The standard InChI is InChI=1S/C16H24N2O3S/c1-17(22(2,20)21)13-16(19)18-11-7-6-10-15(18)12-14-8-4-3-5-9-14/h3-5,8-9,15H,6-7,10-13H2,1-2H3/t15-/m0/s1. The van der Waals surface area contributed by atoms with E-state index in [0.29, 0.717) is 6.54 Å². The van der Waals surface area contributed by atoms with E-state index < -0.39 is 10.0 Å². The number of hydrogen-bond donors (Lipinski definition) is 0. The van der Waals surface area contributed by atoms with Gasteiger partial charge in [-0.3, -0.25) is 4.79 Å². The quantitative estimate of drug-likeness (QED) is 0.825. The minimum absolute atomic E-state index is 0.0792. The summed E-state index contributed by atoms with van der Waals surface area (Å²) in [5.74, 6) is -0.103. The minimum Gasteiger partial charge on any atom is -0.338 e. The van der Waals surface area contributed by atoms with Crippen molar-refractivity contribution >= 4 is 15.9 Å². The number of amides is 1. The molecule has 0 aromatic heterocycles. The Kier molecular flexibility index (Phi) is 5.58. The smallest absolute Gasteiger partial charge is 0.238 e. The number of carbonyl (C=O) groups is 1. The highest BCUT2D eigenvalue weighted by Crippen LogP contribution is 2.21. The Morgan fingerprint density at radius 2 is 1.95 bits per heavy atom. The average Bonchev–Trinajstić information content (AvgIpc) is 2.47. The molecule has 5 nitrogen and oxygen atoms in total. The fourth-order valence-corrected chi connectivity index (χ4v) is 3.17. The molecule has 0 aliphatic carbocycles. The number of rotatable bonds is 5. The van der Waals surface area contributed by atoms with Crippen LogP contribution in [0.4, 0.5) is 0 Å². The van der Waals surface area contributed by atoms with E-state index in [4.69, 9.17) is 0 Å². The lowest BCUT2D eigenvalue weighted by atomic mass is 9.95. The molecule has 22 heavy (non-hydrogen) atoms. The van der Waals surface area contributed by atoms with E-state index in [1.807, 2.05) is 23.1 Å². The van der Waals surface area contributed by atoms with Gasteiger partial charge in [-0.25, -0.2) is 8.42 Å². The first-order valence-electron chi connectivity index (χ1n) is 7.62. The summed E-state index contributed by atoms with van der Waals surface area (Å²) in [4.78, 5) is 14.3. The first-order valence-corrected chi connectivity index (χ1v) is 9.47. The molecule has 6 heteroatoms. The second-order valence-corrected chi connectivity index (χ2v) is 8.03. The Hall–Kier alpha value is -1.40. The fraction of sp³-hybridized carbons (Fsp3) is 0.562. The number of hydrogen-bond acceptors (Lipinski definition) is 3. The molecule has 1 aromatic carbocycles. The van der Waals surface area contributed by atoms with E-state index in [-0.39, 0.29) is 18.5 Å². The first kappa shape index (κ1) is 17.0. The van der Waals surface area contributed by atoms with Crippen LogP contribution in [-0.2, 0) is 21.2 Å². The molecule has 1 amide bonds. The third-order valence-corrected chi connectivity index (χ3v) is 5.45. The Morgan fingerprint density at radius 1 is 1.27 bits per heavy atom. The Balaban J connectivity index is 2.04. The normalized spacial score (nSPS) is 19.4. The second-order valence-electron chi connectivity index (χ2n) is 5.95. The molecule has 0 spiro atoms. The second kappa shape index (κ2) is 7.24. The Bertz CT molecular complexity index is 601. The summed E-state index contributed by atoms with van der Waals surface area (Å²) in [6.45, 7) is 0.637. The number of piperidine rings is 1. The zero-order chi connectivity index (χ0) is 16.2. The Morgan fingerprint density at radius 3 is 2.59 bits per heavy atom. The highest BCUT2D eigenvalue weighted by atomic mass is 32.2. The van der Waals surface area contributed by atoms with Gasteiger partial charge in [0, 0.05) is 19.6 Å². The molecule has 122 valence electrons. The largest absolute Gasteiger partial charge is 0.338 e. The molecule has 2 rings (SSSR count). The molecule has 1 atom stereocenters. The molecule has 1 fully saturated rings. The van der Waals surface area contributed by atoms with Gasteiger partial charge in [-0.15, -0.1) is 0 Å². The minimum atomic E-state index is -3.33. The number of carbonyl (C=O) groups excluding carboxylic acids is 1. The molecule has 0 unspecified atom stereocenters. The third-order valence-electron chi connectivity index (χ3n) is 4.19. The van der Waals surface area contributed by atoms with Crippen molar-refractivity contribution < 1.29 is 13.2 Å². The van der Waals surface area contributed by atoms with Crippen LogP contribution in [0.5, 0.6) is 0 Å². The van der Waals surface area contributed by atoms with Crippen molar-refractivity contribution in [3.05, 3.63) is 35.9 Å². The van der Waals surface area contributed by atoms with Crippen molar-refractivity contribution in [3.8, 4) is 0 Å². The summed E-state index contributed by atoms with van der Waals surface area (Å²) in [7, 11) is -1.88. The molecule has 1 aromatic rings. The zero-order valence-electron chi connectivity index (χ0n) is 13.2. The lowest BCUT2D eigenvalue weighted by molar-refractivity contribution is -0.134. The number of benzene rings is 1. The van der Waals surface area contributed by atoms with Crippen LogP contribution in [-0.4, -0.2) is 56.0 Å². The van der Waals surface area contributed by atoms with E-state index in [1.165, 1.54) is 12.6 Å². The number of likely N-dealkylation sites (N-methyl/N-ethyl adjacent to an activating group) is 1. The maximum Gasteiger partial charge on any atom is 0.238 e. The van der Waals surface area contributed by atoms with Crippen LogP contribution in [0.2, 0.25) is 0 Å². The summed E-state index contributed by atoms with van der Waals surface area (Å²) in [6, 6.07) is 10.3. The van der Waals surface area contributed by atoms with Crippen LogP contribution in [0.25, 0.3) is 0 Å². The SMILES string of the molecule is CN(CC(=O)N1CCCC[C@H]1Cc1ccccc1)S(C)(=O)=O. The maximum absolute atomic E-state index is 12.5. The average molecular weight is 324 g/mol. The molecule has 1 saturated heterocycles. The van der Waals surface area contributed by atoms with Gasteiger partial charge in [0.2, 0.25) is 15.9 Å². The monoisotopic (exact) mass is 324 g/mol. The molecule has 0 radical (unpaired) electrons. The summed E-state index contributed by atoms with van der Waals surface area (Å²) < 4.78 is 24.1. The van der Waals surface area contributed by atoms with Crippen LogP contribution < -0.4 is 0 Å². The molecule has 0 bridgehead atoms. The van der Waals surface area contributed by atoms with E-state index in [1.54, 1.807) is 0 Å². The van der Waals surface area contributed by atoms with Crippen LogP contribution in [0.3, 0.4) is 0 Å². The predicted octanol–water partition coefficient (Wildman–Crippen LogP) is 1.50. The van der Waals surface area contributed by atoms with Crippen LogP contribution in [0, 0.1) is 0 Å². The topological polar surface area (TPSA) is 57.7 Å². The summed E-state index contributed by atoms with van der Waals surface area (Å²) in [5, 5.41) is 0. The van der Waals surface area contributed by atoms with Crippen molar-refractivity contribution in [3.63, 3.8) is 0 Å². The lowest BCUT2D eigenvalue weighted by Gasteiger charge is -2.36. The van der Waals surface area contributed by atoms with Crippen LogP contribution in [0.15, 0.2) is 30.3 Å². The molecule has 1 heterocycles. The van der Waals surface area contributed by atoms with Gasteiger partial charge in [0.25, 0.3) is 0 Å². The molecular formula is C16H24N2O3S. The van der Waals surface area contributed by atoms with Crippen molar-refractivity contribution in [1.82, 2.24) is 9.21 Å². The third kappa shape index (κ3) is 4.55. The molecule has 1 aliphatic rings. The van der Waals surface area contributed by atoms with Crippen molar-refractivity contribution in [2.45, 2.75) is 31.7 Å². The van der Waals surface area contributed by atoms with Gasteiger partial charge >= 0.3 is 0 Å². The van der Waals surface area contributed by atoms with Gasteiger partial charge < -0.3 is 4.90 Å². The number of sulfonamides is 1. The van der Waals surface area contributed by atoms with Crippen LogP contribution >= 0.6 is 0 Å². The fourth-order valence-electron chi connectivity index (χ4n) is 2.83. The van der Waals surface area contributed by atoms with Gasteiger partial charge in [0.05, 0.1) is 12.8 Å². The van der Waals surface area contributed by atoms with Crippen molar-refractivity contribution in [2.24, 2.45) is 0 Å². The van der Waals surface area contributed by atoms with Gasteiger partial charge in [-0.1, -0.05) is 30.3 Å². The van der Waals surface area contributed by atoms with Crippen molar-refractivity contribution in [1.29, 1.82) is 0 Å². The first-order chi connectivity index (χ1) is 10.4. The predicted molar refractivity (Wildman–Crippen MR) is 87.0 cm³/mol. The van der Waals surface area contributed by atoms with Crippen LogP contribution in [0.1, 0.15) is 24.8 Å². The van der Waals surface area contributed by atoms with Crippen molar-refractivity contribution in [2.75, 3.05) is 26.4 Å². The van der Waals surface area contributed by atoms with E-state index in [0.717, 1.165) is 36.2 Å². The number of likely N-dealkylation sites (tertiary alicyclic amines) is 1. The van der Waals surface area contributed by atoms with Gasteiger partial charge in [0.1, 0.15) is 0 Å². The summed E-state index contributed by atoms with van der Waals surface area (Å²) >= 11 is 0. The van der Waals surface area contributed by atoms with E-state index in [2.05, 4.69) is 12.1 Å². The number of nitrogens with zero attached hydrogens (tertiary/aromatic N) is 2. The van der Waals surface area contributed by atoms with Gasteiger partial charge in [-0.05, 0) is 31.2 Å².